The fourth-order valence-electron chi connectivity index (χ4n) is 3.25. The SMILES string of the molecule is Cc1nsnc1C(=O)NCC(c1ccccc1)N1CCCCCC1. The van der Waals surface area contributed by atoms with Gasteiger partial charge < -0.3 is 5.32 Å². The minimum absolute atomic E-state index is 0.128. The number of carbonyl (C=O) groups is 1. The first-order valence-corrected chi connectivity index (χ1v) is 9.35. The molecule has 128 valence electrons. The summed E-state index contributed by atoms with van der Waals surface area (Å²) in [7, 11) is 0. The number of hydrogen-bond donors (Lipinski definition) is 1. The Morgan fingerprint density at radius 1 is 1.17 bits per heavy atom. The molecule has 1 aromatic carbocycles. The van der Waals surface area contributed by atoms with Gasteiger partial charge in [0.05, 0.1) is 23.5 Å². The maximum atomic E-state index is 12.4. The number of carbonyl (C=O) groups excluding carboxylic acids is 1. The Hall–Kier alpha value is -1.79. The number of likely N-dealkylation sites (tertiary alicyclic amines) is 1. The van der Waals surface area contributed by atoms with Gasteiger partial charge in [-0.15, -0.1) is 0 Å². The lowest BCUT2D eigenvalue weighted by molar-refractivity contribution is 0.0928. The number of aromatic nitrogens is 2. The summed E-state index contributed by atoms with van der Waals surface area (Å²) in [4.78, 5) is 14.9. The molecule has 0 bridgehead atoms. The Balaban J connectivity index is 1.72. The zero-order chi connectivity index (χ0) is 16.8. The Morgan fingerprint density at radius 3 is 2.50 bits per heavy atom. The van der Waals surface area contributed by atoms with Crippen LogP contribution < -0.4 is 5.32 Å². The van der Waals surface area contributed by atoms with Crippen LogP contribution in [0.5, 0.6) is 0 Å². The van der Waals surface area contributed by atoms with E-state index in [0.717, 1.165) is 24.8 Å². The highest BCUT2D eigenvalue weighted by Gasteiger charge is 2.23. The van der Waals surface area contributed by atoms with Crippen molar-refractivity contribution in [3.05, 3.63) is 47.3 Å². The molecular weight excluding hydrogens is 320 g/mol. The van der Waals surface area contributed by atoms with Crippen LogP contribution in [0.15, 0.2) is 30.3 Å². The molecule has 2 aromatic rings. The predicted molar refractivity (Wildman–Crippen MR) is 96.2 cm³/mol. The van der Waals surface area contributed by atoms with Gasteiger partial charge in [-0.1, -0.05) is 43.2 Å². The van der Waals surface area contributed by atoms with Gasteiger partial charge in [-0.05, 0) is 38.4 Å². The first kappa shape index (κ1) is 17.0. The number of aryl methyl sites for hydroxylation is 1. The summed E-state index contributed by atoms with van der Waals surface area (Å²) in [6, 6.07) is 10.7. The van der Waals surface area contributed by atoms with Crippen LogP contribution in [0.1, 0.15) is 53.5 Å². The lowest BCUT2D eigenvalue weighted by Crippen LogP contribution is -2.39. The van der Waals surface area contributed by atoms with Crippen LogP contribution in [0.4, 0.5) is 0 Å². The molecule has 1 saturated heterocycles. The molecule has 1 aromatic heterocycles. The van der Waals surface area contributed by atoms with Gasteiger partial charge in [0.15, 0.2) is 5.69 Å². The van der Waals surface area contributed by atoms with E-state index in [1.165, 1.54) is 31.2 Å². The van der Waals surface area contributed by atoms with Crippen molar-refractivity contribution >= 4 is 17.6 Å². The van der Waals surface area contributed by atoms with Crippen LogP contribution >= 0.6 is 11.7 Å². The highest BCUT2D eigenvalue weighted by molar-refractivity contribution is 6.99. The van der Waals surface area contributed by atoms with E-state index in [2.05, 4.69) is 43.2 Å². The average Bonchev–Trinajstić information content (AvgIpc) is 2.86. The van der Waals surface area contributed by atoms with Crippen molar-refractivity contribution in [1.82, 2.24) is 19.0 Å². The van der Waals surface area contributed by atoms with Gasteiger partial charge >= 0.3 is 0 Å². The lowest BCUT2D eigenvalue weighted by Gasteiger charge is -2.31. The van der Waals surface area contributed by atoms with Crippen LogP contribution in [0, 0.1) is 6.92 Å². The number of nitrogens with zero attached hydrogens (tertiary/aromatic N) is 3. The largest absolute Gasteiger partial charge is 0.349 e. The third-order valence-corrected chi connectivity index (χ3v) is 5.21. The maximum absolute atomic E-state index is 12.4. The predicted octanol–water partition coefficient (Wildman–Crippen LogP) is 3.19. The van der Waals surface area contributed by atoms with Crippen molar-refractivity contribution in [2.24, 2.45) is 0 Å². The van der Waals surface area contributed by atoms with E-state index in [1.807, 2.05) is 13.0 Å². The molecule has 3 rings (SSSR count). The second-order valence-corrected chi connectivity index (χ2v) is 6.81. The van der Waals surface area contributed by atoms with E-state index in [1.54, 1.807) is 0 Å². The third-order valence-electron chi connectivity index (χ3n) is 4.59. The molecule has 1 unspecified atom stereocenters. The molecule has 1 aliphatic rings. The number of rotatable bonds is 5. The van der Waals surface area contributed by atoms with Crippen molar-refractivity contribution in [1.29, 1.82) is 0 Å². The number of amides is 1. The van der Waals surface area contributed by atoms with Gasteiger partial charge in [0, 0.05) is 6.54 Å². The minimum atomic E-state index is -0.128. The molecule has 0 spiro atoms. The van der Waals surface area contributed by atoms with Crippen LogP contribution in [0.3, 0.4) is 0 Å². The number of benzene rings is 1. The van der Waals surface area contributed by atoms with Gasteiger partial charge in [-0.3, -0.25) is 9.69 Å². The Labute approximate surface area is 147 Å². The fraction of sp³-hybridized carbons (Fsp3) is 0.500. The highest BCUT2D eigenvalue weighted by atomic mass is 32.1. The molecule has 1 atom stereocenters. The third kappa shape index (κ3) is 4.19. The summed E-state index contributed by atoms with van der Waals surface area (Å²) in [5.74, 6) is -0.128. The molecule has 1 amide bonds. The van der Waals surface area contributed by atoms with Gasteiger partial charge in [-0.25, -0.2) is 0 Å². The summed E-state index contributed by atoms with van der Waals surface area (Å²) in [5, 5.41) is 3.07. The Morgan fingerprint density at radius 2 is 1.88 bits per heavy atom. The Bertz CT molecular complexity index is 650. The second kappa shape index (κ2) is 8.35. The van der Waals surface area contributed by atoms with Gasteiger partial charge in [0.1, 0.15) is 0 Å². The van der Waals surface area contributed by atoms with E-state index in [0.29, 0.717) is 17.9 Å². The normalized spacial score (nSPS) is 17.2. The summed E-state index contributed by atoms with van der Waals surface area (Å²) in [5.41, 5.74) is 2.40. The average molecular weight is 344 g/mol. The van der Waals surface area contributed by atoms with E-state index in [4.69, 9.17) is 0 Å². The Kier molecular flexibility index (Phi) is 5.93. The van der Waals surface area contributed by atoms with Crippen molar-refractivity contribution < 1.29 is 4.79 Å². The quantitative estimate of drug-likeness (QED) is 0.905. The first-order valence-electron chi connectivity index (χ1n) is 8.62. The van der Waals surface area contributed by atoms with Crippen LogP contribution in [0.2, 0.25) is 0 Å². The van der Waals surface area contributed by atoms with Crippen molar-refractivity contribution in [3.63, 3.8) is 0 Å². The van der Waals surface area contributed by atoms with Crippen LogP contribution in [0.25, 0.3) is 0 Å². The van der Waals surface area contributed by atoms with E-state index in [-0.39, 0.29) is 11.9 Å². The van der Waals surface area contributed by atoms with E-state index in [9.17, 15) is 4.79 Å². The molecule has 2 heterocycles. The van der Waals surface area contributed by atoms with Crippen LogP contribution in [-0.4, -0.2) is 39.2 Å². The summed E-state index contributed by atoms with van der Waals surface area (Å²) < 4.78 is 8.18. The monoisotopic (exact) mass is 344 g/mol. The fourth-order valence-corrected chi connectivity index (χ4v) is 3.80. The van der Waals surface area contributed by atoms with E-state index < -0.39 is 0 Å². The molecule has 6 heteroatoms. The topological polar surface area (TPSA) is 58.1 Å². The number of hydrogen-bond acceptors (Lipinski definition) is 5. The summed E-state index contributed by atoms with van der Waals surface area (Å²) in [6.07, 6.45) is 5.06. The maximum Gasteiger partial charge on any atom is 0.273 e. The smallest absolute Gasteiger partial charge is 0.273 e. The zero-order valence-corrected chi connectivity index (χ0v) is 14.9. The van der Waals surface area contributed by atoms with Crippen molar-refractivity contribution in [3.8, 4) is 0 Å². The number of nitrogens with one attached hydrogen (secondary N) is 1. The highest BCUT2D eigenvalue weighted by Crippen LogP contribution is 2.23. The molecule has 0 aliphatic carbocycles. The molecule has 0 saturated carbocycles. The van der Waals surface area contributed by atoms with Crippen molar-refractivity contribution in [2.45, 2.75) is 38.6 Å². The molecular formula is C18H24N4OS. The second-order valence-electron chi connectivity index (χ2n) is 6.28. The molecule has 24 heavy (non-hydrogen) atoms. The summed E-state index contributed by atoms with van der Waals surface area (Å²) >= 11 is 1.08. The molecule has 1 fully saturated rings. The van der Waals surface area contributed by atoms with Crippen molar-refractivity contribution in [2.75, 3.05) is 19.6 Å². The molecule has 1 N–H and O–H groups in total. The molecule has 5 nitrogen and oxygen atoms in total. The molecule has 0 radical (unpaired) electrons. The standard InChI is InChI=1S/C18H24N4OS/c1-14-17(21-24-20-14)18(23)19-13-16(15-9-5-4-6-10-15)22-11-7-2-3-8-12-22/h4-6,9-10,16H,2-3,7-8,11-13H2,1H3,(H,19,23). The van der Waals surface area contributed by atoms with E-state index >= 15 is 0 Å². The van der Waals surface area contributed by atoms with Gasteiger partial charge in [0.25, 0.3) is 5.91 Å². The zero-order valence-electron chi connectivity index (χ0n) is 14.1. The van der Waals surface area contributed by atoms with Gasteiger partial charge in [0.2, 0.25) is 0 Å². The minimum Gasteiger partial charge on any atom is -0.349 e. The molecule has 1 aliphatic heterocycles. The van der Waals surface area contributed by atoms with Gasteiger partial charge in [-0.2, -0.15) is 8.75 Å². The first-order chi connectivity index (χ1) is 11.8. The summed E-state index contributed by atoms with van der Waals surface area (Å²) in [6.45, 7) is 4.60. The van der Waals surface area contributed by atoms with Crippen LogP contribution in [-0.2, 0) is 0 Å². The lowest BCUT2D eigenvalue weighted by atomic mass is 10.0.